The fraction of sp³-hybridized carbons (Fsp3) is 0.462. The first-order valence-electron chi connectivity index (χ1n) is 4.39. The normalized spacial score (nSPS) is 7.94. The maximum atomic E-state index is 6.94. The van der Waals surface area contributed by atoms with Gasteiger partial charge in [-0.2, -0.15) is 0 Å². The number of hydrogen-bond donors (Lipinski definition) is 0. The van der Waals surface area contributed by atoms with E-state index >= 15 is 0 Å². The summed E-state index contributed by atoms with van der Waals surface area (Å²) in [6.45, 7) is 16.8. The van der Waals surface area contributed by atoms with E-state index in [9.17, 15) is 0 Å². The minimum absolute atomic E-state index is 0. The predicted molar refractivity (Wildman–Crippen MR) is 93.9 cm³/mol. The van der Waals surface area contributed by atoms with Crippen LogP contribution in [0.3, 0.4) is 0 Å². The van der Waals surface area contributed by atoms with Gasteiger partial charge in [-0.25, -0.2) is 18.6 Å². The molecule has 0 heterocycles. The van der Waals surface area contributed by atoms with Crippen LogP contribution < -0.4 is 0 Å². The maximum absolute atomic E-state index is 6.94. The van der Waals surface area contributed by atoms with E-state index in [2.05, 4.69) is 13.5 Å². The van der Waals surface area contributed by atoms with Gasteiger partial charge in [0, 0.05) is 0 Å². The molecule has 0 saturated carbocycles. The predicted octanol–water partition coefficient (Wildman–Crippen LogP) is 5.01. The summed E-state index contributed by atoms with van der Waals surface area (Å²) in [4.78, 5) is 0. The molecule has 0 rings (SSSR count). The second-order valence-corrected chi connectivity index (χ2v) is 4.09. The first-order chi connectivity index (χ1) is 6.13. The van der Waals surface area contributed by atoms with Crippen molar-refractivity contribution in [3.63, 3.8) is 0 Å². The minimum atomic E-state index is -0.250. The van der Waals surface area contributed by atoms with E-state index in [1.165, 1.54) is 0 Å². The number of nitrogens with one attached hydrogen (secondary N) is 1. The van der Waals surface area contributed by atoms with Gasteiger partial charge in [-0.1, -0.05) is 34.6 Å². The molecule has 0 radical (unpaired) electrons. The Balaban J connectivity index is -0.0000000201. The van der Waals surface area contributed by atoms with Gasteiger partial charge in [0.1, 0.15) is 0 Å². The molecule has 114 valence electrons. The molecule has 18 heavy (non-hydrogen) atoms. The zero-order valence-electron chi connectivity index (χ0n) is 13.0. The molecule has 0 aliphatic carbocycles. The van der Waals surface area contributed by atoms with E-state index in [4.69, 9.17) is 5.73 Å². The number of rotatable bonds is 1. The van der Waals surface area contributed by atoms with Crippen LogP contribution in [0.1, 0.15) is 34.6 Å². The molecule has 0 unspecified atom stereocenters. The SMILES string of the molecule is C=C(C)C=C([CH2-])C.CC(C)(C)[NH-].Cl.Cl.[CH3-].[CH3-].[SiH2]=[Ti]. The third-order valence-corrected chi connectivity index (χ3v) is 0.493. The zero-order valence-corrected chi connectivity index (χ0v) is 17.6. The summed E-state index contributed by atoms with van der Waals surface area (Å²) in [5, 5.41) is 0. The number of hydrogen-bond acceptors (Lipinski definition) is 0. The fourth-order valence-electron chi connectivity index (χ4n) is 0.421. The van der Waals surface area contributed by atoms with Crippen molar-refractivity contribution in [3.8, 4) is 0 Å². The first kappa shape index (κ1) is 42.8. The van der Waals surface area contributed by atoms with Crippen molar-refractivity contribution in [1.29, 1.82) is 0 Å². The molecule has 0 aromatic carbocycles. The Hall–Kier alpha value is 0.821. The number of allylic oxidation sites excluding steroid dienone is 3. The van der Waals surface area contributed by atoms with Crippen molar-refractivity contribution in [1.82, 2.24) is 0 Å². The van der Waals surface area contributed by atoms with Crippen LogP contribution in [0.2, 0.25) is 0 Å². The molecule has 0 aliphatic rings. The van der Waals surface area contributed by atoms with Gasteiger partial charge in [-0.3, -0.25) is 0 Å². The van der Waals surface area contributed by atoms with Gasteiger partial charge in [0.2, 0.25) is 0 Å². The van der Waals surface area contributed by atoms with Crippen LogP contribution >= 0.6 is 24.8 Å². The van der Waals surface area contributed by atoms with Crippen molar-refractivity contribution in [2.24, 2.45) is 0 Å². The summed E-state index contributed by atoms with van der Waals surface area (Å²) < 4.78 is 0. The van der Waals surface area contributed by atoms with Gasteiger partial charge in [-0.15, -0.1) is 42.5 Å². The Morgan fingerprint density at radius 3 is 1.33 bits per heavy atom. The molecule has 0 atom stereocenters. The van der Waals surface area contributed by atoms with Gasteiger partial charge < -0.3 is 20.6 Å². The Bertz CT molecular complexity index is 180. The standard InChI is InChI=1S/C7H11.C4H10N.2CH3.2ClH.H2Si.Ti/c1-6(2)5-7(3)4;1-4(2,3)5;;;;;;/h5H,1,3H2,2,4H3;5H,1-3H3;2*1H3;2*1H;1H2;/q4*-1;;;;. The van der Waals surface area contributed by atoms with Crippen LogP contribution in [0.25, 0.3) is 5.73 Å². The molecule has 0 amide bonds. The third-order valence-electron chi connectivity index (χ3n) is 0.493. The molecule has 0 spiro atoms. The Kier molecular flexibility index (Phi) is 62.7. The van der Waals surface area contributed by atoms with Crippen molar-refractivity contribution >= 4 is 32.4 Å². The van der Waals surface area contributed by atoms with E-state index in [1.807, 2.05) is 67.5 Å². The Morgan fingerprint density at radius 2 is 1.33 bits per heavy atom. The third kappa shape index (κ3) is 181. The van der Waals surface area contributed by atoms with Crippen LogP contribution in [-0.4, -0.2) is 13.2 Å². The summed E-state index contributed by atoms with van der Waals surface area (Å²) in [5.41, 5.74) is 8.81. The second-order valence-electron chi connectivity index (χ2n) is 4.09. The Labute approximate surface area is 142 Å². The molecule has 1 N–H and O–H groups in total. The van der Waals surface area contributed by atoms with Crippen molar-refractivity contribution in [2.75, 3.05) is 0 Å². The van der Waals surface area contributed by atoms with Crippen LogP contribution in [0.5, 0.6) is 0 Å². The molecule has 0 aliphatic heterocycles. The van der Waals surface area contributed by atoms with Crippen LogP contribution in [0.15, 0.2) is 23.8 Å². The molecule has 5 heteroatoms. The van der Waals surface area contributed by atoms with Crippen LogP contribution in [0, 0.1) is 21.8 Å². The first-order valence-corrected chi connectivity index (χ1v) is 8.41. The van der Waals surface area contributed by atoms with Crippen LogP contribution in [-0.2, 0) is 19.2 Å². The van der Waals surface area contributed by atoms with E-state index in [-0.39, 0.29) is 45.2 Å². The molecule has 1 nitrogen and oxygen atoms in total. The average molecular weight is 348 g/mol. The van der Waals surface area contributed by atoms with Gasteiger partial charge >= 0.3 is 26.8 Å². The second kappa shape index (κ2) is 26.4. The Morgan fingerprint density at radius 1 is 1.17 bits per heavy atom. The molecular formula is C13H31Cl2NSiTi-4. The van der Waals surface area contributed by atoms with Gasteiger partial charge in [0.15, 0.2) is 0 Å². The molecule has 0 fully saturated rings. The van der Waals surface area contributed by atoms with Gasteiger partial charge in [0.05, 0.1) is 0 Å². The van der Waals surface area contributed by atoms with E-state index < -0.39 is 0 Å². The van der Waals surface area contributed by atoms with Crippen LogP contribution in [0.4, 0.5) is 0 Å². The summed E-state index contributed by atoms with van der Waals surface area (Å²) in [5.74, 6) is 0. The fourth-order valence-corrected chi connectivity index (χ4v) is 0.421. The average Bonchev–Trinajstić information content (AvgIpc) is 1.84. The quantitative estimate of drug-likeness (QED) is 0.362. The van der Waals surface area contributed by atoms with Gasteiger partial charge in [0.25, 0.3) is 0 Å². The summed E-state index contributed by atoms with van der Waals surface area (Å²) >= 11 is 2.03. The molecular weight excluding hydrogens is 317 g/mol. The van der Waals surface area contributed by atoms with Crippen molar-refractivity contribution < 1.29 is 19.2 Å². The molecule has 0 aromatic rings. The number of halogens is 2. The van der Waals surface area contributed by atoms with Crippen molar-refractivity contribution in [3.05, 3.63) is 51.3 Å². The topological polar surface area (TPSA) is 23.8 Å². The monoisotopic (exact) mass is 347 g/mol. The molecule has 0 aromatic heterocycles. The van der Waals surface area contributed by atoms with Gasteiger partial charge in [-0.05, 0) is 0 Å². The van der Waals surface area contributed by atoms with E-state index in [0.29, 0.717) is 0 Å². The summed E-state index contributed by atoms with van der Waals surface area (Å²) in [7, 11) is 1.86. The zero-order chi connectivity index (χ0) is 12.4. The molecule has 0 saturated heterocycles. The molecule has 0 bridgehead atoms. The summed E-state index contributed by atoms with van der Waals surface area (Å²) in [6, 6.07) is 0. The van der Waals surface area contributed by atoms with E-state index in [1.54, 1.807) is 0 Å². The summed E-state index contributed by atoms with van der Waals surface area (Å²) in [6.07, 6.45) is 1.94. The van der Waals surface area contributed by atoms with E-state index in [0.717, 1.165) is 11.1 Å². The van der Waals surface area contributed by atoms with Crippen molar-refractivity contribution in [2.45, 2.75) is 40.2 Å².